The van der Waals surface area contributed by atoms with E-state index in [4.69, 9.17) is 5.21 Å². The second-order valence-electron chi connectivity index (χ2n) is 3.53. The smallest absolute Gasteiger partial charge is 0.243 e. The molecule has 12 heavy (non-hydrogen) atoms. The molecule has 3 nitrogen and oxygen atoms in total. The fourth-order valence-electron chi connectivity index (χ4n) is 1.07. The van der Waals surface area contributed by atoms with Gasteiger partial charge >= 0.3 is 0 Å². The molecule has 0 aromatic carbocycles. The van der Waals surface area contributed by atoms with E-state index in [9.17, 15) is 4.79 Å². The number of unbranched alkanes of at least 4 members (excludes halogenated alkanes) is 2. The van der Waals surface area contributed by atoms with Crippen LogP contribution in [0.2, 0.25) is 0 Å². The second kappa shape index (κ2) is 7.10. The molecule has 0 atom stereocenters. The fourth-order valence-corrected chi connectivity index (χ4v) is 1.07. The molecule has 0 saturated heterocycles. The van der Waals surface area contributed by atoms with Gasteiger partial charge in [0.05, 0.1) is 0 Å². The topological polar surface area (TPSA) is 49.3 Å². The molecule has 0 aliphatic carbocycles. The average Bonchev–Trinajstić information content (AvgIpc) is 2.03. The SMILES string of the molecule is CC(C)CCCCCC(=O)NO. The fraction of sp³-hybridized carbons (Fsp3) is 0.889. The lowest BCUT2D eigenvalue weighted by molar-refractivity contribution is -0.129. The lowest BCUT2D eigenvalue weighted by Gasteiger charge is -2.03. The number of nitrogens with one attached hydrogen (secondary N) is 1. The summed E-state index contributed by atoms with van der Waals surface area (Å²) in [6.45, 7) is 4.39. The third-order valence-corrected chi connectivity index (χ3v) is 1.81. The molecular weight excluding hydrogens is 154 g/mol. The lowest BCUT2D eigenvalue weighted by Crippen LogP contribution is -2.17. The summed E-state index contributed by atoms with van der Waals surface area (Å²) in [5.74, 6) is 0.469. The van der Waals surface area contributed by atoms with Gasteiger partial charge in [0.1, 0.15) is 0 Å². The van der Waals surface area contributed by atoms with Crippen molar-refractivity contribution in [1.29, 1.82) is 0 Å². The molecule has 0 saturated carbocycles. The van der Waals surface area contributed by atoms with Crippen LogP contribution in [0, 0.1) is 5.92 Å². The van der Waals surface area contributed by atoms with E-state index >= 15 is 0 Å². The molecule has 0 aromatic rings. The molecule has 1 amide bonds. The second-order valence-corrected chi connectivity index (χ2v) is 3.53. The Morgan fingerprint density at radius 1 is 1.33 bits per heavy atom. The first-order valence-corrected chi connectivity index (χ1v) is 4.59. The van der Waals surface area contributed by atoms with Crippen molar-refractivity contribution in [3.63, 3.8) is 0 Å². The van der Waals surface area contributed by atoms with E-state index in [1.54, 1.807) is 5.48 Å². The summed E-state index contributed by atoms with van der Waals surface area (Å²) in [6, 6.07) is 0. The van der Waals surface area contributed by atoms with Crippen molar-refractivity contribution in [2.45, 2.75) is 46.0 Å². The Morgan fingerprint density at radius 3 is 2.50 bits per heavy atom. The van der Waals surface area contributed by atoms with Crippen LogP contribution in [0.15, 0.2) is 0 Å². The minimum atomic E-state index is -0.278. The number of hydrogen-bond acceptors (Lipinski definition) is 2. The predicted molar refractivity (Wildman–Crippen MR) is 47.9 cm³/mol. The Hall–Kier alpha value is -0.570. The van der Waals surface area contributed by atoms with Crippen molar-refractivity contribution in [3.05, 3.63) is 0 Å². The van der Waals surface area contributed by atoms with E-state index in [0.29, 0.717) is 6.42 Å². The van der Waals surface area contributed by atoms with Crippen LogP contribution < -0.4 is 5.48 Å². The summed E-state index contributed by atoms with van der Waals surface area (Å²) in [6.07, 6.45) is 4.79. The maximum atomic E-state index is 10.5. The number of hydrogen-bond donors (Lipinski definition) is 2. The number of rotatable bonds is 6. The Morgan fingerprint density at radius 2 is 2.00 bits per heavy atom. The van der Waals surface area contributed by atoms with E-state index in [2.05, 4.69) is 13.8 Å². The molecule has 2 N–H and O–H groups in total. The van der Waals surface area contributed by atoms with Crippen molar-refractivity contribution < 1.29 is 10.0 Å². The number of carbonyl (C=O) groups excluding carboxylic acids is 1. The first kappa shape index (κ1) is 11.4. The van der Waals surface area contributed by atoms with Crippen LogP contribution in [0.1, 0.15) is 46.0 Å². The highest BCUT2D eigenvalue weighted by Crippen LogP contribution is 2.08. The summed E-state index contributed by atoms with van der Waals surface area (Å²) in [4.78, 5) is 10.5. The third-order valence-electron chi connectivity index (χ3n) is 1.81. The van der Waals surface area contributed by atoms with Gasteiger partial charge in [-0.2, -0.15) is 0 Å². The molecule has 0 bridgehead atoms. The first-order chi connectivity index (χ1) is 5.66. The summed E-state index contributed by atoms with van der Waals surface area (Å²) < 4.78 is 0. The Bertz CT molecular complexity index is 124. The molecule has 0 spiro atoms. The van der Waals surface area contributed by atoms with E-state index < -0.39 is 0 Å². The summed E-state index contributed by atoms with van der Waals surface area (Å²) in [7, 11) is 0. The Labute approximate surface area is 74.1 Å². The highest BCUT2D eigenvalue weighted by molar-refractivity contribution is 5.74. The molecule has 0 radical (unpaired) electrons. The monoisotopic (exact) mass is 173 g/mol. The van der Waals surface area contributed by atoms with Crippen LogP contribution in [0.4, 0.5) is 0 Å². The Balaban J connectivity index is 3.05. The van der Waals surface area contributed by atoms with Crippen molar-refractivity contribution in [2.24, 2.45) is 5.92 Å². The van der Waals surface area contributed by atoms with Gasteiger partial charge in [0.15, 0.2) is 0 Å². The molecule has 0 aliphatic heterocycles. The zero-order valence-corrected chi connectivity index (χ0v) is 7.97. The molecule has 3 heteroatoms. The molecule has 0 fully saturated rings. The van der Waals surface area contributed by atoms with Gasteiger partial charge in [0.2, 0.25) is 5.91 Å². The van der Waals surface area contributed by atoms with Gasteiger partial charge in [-0.1, -0.05) is 33.1 Å². The van der Waals surface area contributed by atoms with Gasteiger partial charge in [0, 0.05) is 6.42 Å². The first-order valence-electron chi connectivity index (χ1n) is 4.59. The maximum absolute atomic E-state index is 10.5. The average molecular weight is 173 g/mol. The number of amides is 1. The number of hydroxylamine groups is 1. The van der Waals surface area contributed by atoms with E-state index in [-0.39, 0.29) is 5.91 Å². The minimum absolute atomic E-state index is 0.278. The van der Waals surface area contributed by atoms with Crippen molar-refractivity contribution in [1.82, 2.24) is 5.48 Å². The zero-order valence-electron chi connectivity index (χ0n) is 7.97. The van der Waals surface area contributed by atoms with Crippen molar-refractivity contribution >= 4 is 5.91 Å². The minimum Gasteiger partial charge on any atom is -0.289 e. The van der Waals surface area contributed by atoms with E-state index in [1.807, 2.05) is 0 Å². The quantitative estimate of drug-likeness (QED) is 0.367. The summed E-state index contributed by atoms with van der Waals surface area (Å²) >= 11 is 0. The van der Waals surface area contributed by atoms with E-state index in [1.165, 1.54) is 12.8 Å². The normalized spacial score (nSPS) is 10.3. The number of carbonyl (C=O) groups is 1. The zero-order chi connectivity index (χ0) is 9.40. The highest BCUT2D eigenvalue weighted by Gasteiger charge is 1.98. The van der Waals surface area contributed by atoms with Gasteiger partial charge in [-0.3, -0.25) is 10.0 Å². The molecule has 0 unspecified atom stereocenters. The molecule has 0 aliphatic rings. The van der Waals surface area contributed by atoms with E-state index in [0.717, 1.165) is 18.8 Å². The Kier molecular flexibility index (Phi) is 6.76. The van der Waals surface area contributed by atoms with Gasteiger partial charge in [-0.25, -0.2) is 5.48 Å². The molecule has 0 heterocycles. The molecule has 0 rings (SSSR count). The van der Waals surface area contributed by atoms with Crippen molar-refractivity contribution in [3.8, 4) is 0 Å². The van der Waals surface area contributed by atoms with Crippen LogP contribution >= 0.6 is 0 Å². The van der Waals surface area contributed by atoms with Crippen LogP contribution in [0.3, 0.4) is 0 Å². The van der Waals surface area contributed by atoms with Crippen LogP contribution in [-0.2, 0) is 4.79 Å². The lowest BCUT2D eigenvalue weighted by atomic mass is 10.0. The van der Waals surface area contributed by atoms with Gasteiger partial charge in [-0.05, 0) is 12.3 Å². The van der Waals surface area contributed by atoms with Crippen molar-refractivity contribution in [2.75, 3.05) is 0 Å². The third kappa shape index (κ3) is 7.54. The van der Waals surface area contributed by atoms with Gasteiger partial charge in [-0.15, -0.1) is 0 Å². The standard InChI is InChI=1S/C9H19NO2/c1-8(2)6-4-3-5-7-9(11)10-12/h8,12H,3-7H2,1-2H3,(H,10,11). The van der Waals surface area contributed by atoms with Crippen LogP contribution in [0.5, 0.6) is 0 Å². The largest absolute Gasteiger partial charge is 0.289 e. The van der Waals surface area contributed by atoms with Crippen LogP contribution in [-0.4, -0.2) is 11.1 Å². The highest BCUT2D eigenvalue weighted by atomic mass is 16.5. The van der Waals surface area contributed by atoms with Gasteiger partial charge < -0.3 is 0 Å². The predicted octanol–water partition coefficient (Wildman–Crippen LogP) is 2.10. The summed E-state index contributed by atoms with van der Waals surface area (Å²) in [5.41, 5.74) is 1.63. The summed E-state index contributed by atoms with van der Waals surface area (Å²) in [5, 5.41) is 8.18. The van der Waals surface area contributed by atoms with Crippen LogP contribution in [0.25, 0.3) is 0 Å². The molecule has 0 aromatic heterocycles. The molecular formula is C9H19NO2. The van der Waals surface area contributed by atoms with Gasteiger partial charge in [0.25, 0.3) is 0 Å². The molecule has 72 valence electrons. The maximum Gasteiger partial charge on any atom is 0.243 e.